The summed E-state index contributed by atoms with van der Waals surface area (Å²) in [6, 6.07) is 7.07. The average Bonchev–Trinajstić information content (AvgIpc) is 2.69. The smallest absolute Gasteiger partial charge is 0.273 e. The summed E-state index contributed by atoms with van der Waals surface area (Å²) in [5, 5.41) is 0. The topological polar surface area (TPSA) is 59.1 Å². The highest BCUT2D eigenvalue weighted by molar-refractivity contribution is 7.94. The van der Waals surface area contributed by atoms with Crippen molar-refractivity contribution in [1.82, 2.24) is 4.98 Å². The fourth-order valence-electron chi connectivity index (χ4n) is 1.19. The lowest BCUT2D eigenvalue weighted by Crippen LogP contribution is -2.11. The quantitative estimate of drug-likeness (QED) is 0.945. The standard InChI is InChI=1S/C10H9ClN2O2S2/c1-7-2-4-8(5-3-7)13-17(14,15)9-6-12-10(11)16-9/h2-6,13H,1H3. The van der Waals surface area contributed by atoms with Crippen molar-refractivity contribution >= 4 is 38.6 Å². The zero-order valence-electron chi connectivity index (χ0n) is 8.84. The number of hydrogen-bond acceptors (Lipinski definition) is 4. The molecule has 1 aromatic carbocycles. The second kappa shape index (κ2) is 4.64. The average molecular weight is 289 g/mol. The molecule has 90 valence electrons. The first-order chi connectivity index (χ1) is 7.97. The van der Waals surface area contributed by atoms with E-state index in [4.69, 9.17) is 11.6 Å². The van der Waals surface area contributed by atoms with Gasteiger partial charge in [0.1, 0.15) is 0 Å². The highest BCUT2D eigenvalue weighted by atomic mass is 35.5. The fraction of sp³-hybridized carbons (Fsp3) is 0.100. The summed E-state index contributed by atoms with van der Waals surface area (Å²) in [6.45, 7) is 1.93. The highest BCUT2D eigenvalue weighted by Gasteiger charge is 2.17. The van der Waals surface area contributed by atoms with E-state index >= 15 is 0 Å². The van der Waals surface area contributed by atoms with Gasteiger partial charge in [-0.2, -0.15) is 0 Å². The van der Waals surface area contributed by atoms with E-state index in [1.54, 1.807) is 12.1 Å². The van der Waals surface area contributed by atoms with Crippen LogP contribution in [0.3, 0.4) is 0 Å². The normalized spacial score (nSPS) is 11.4. The molecule has 0 aliphatic carbocycles. The van der Waals surface area contributed by atoms with Crippen LogP contribution in [0.15, 0.2) is 34.7 Å². The van der Waals surface area contributed by atoms with Crippen molar-refractivity contribution in [2.45, 2.75) is 11.1 Å². The number of halogens is 1. The molecule has 0 amide bonds. The van der Waals surface area contributed by atoms with Gasteiger partial charge in [-0.25, -0.2) is 13.4 Å². The second-order valence-corrected chi connectivity index (χ2v) is 6.93. The summed E-state index contributed by atoms with van der Waals surface area (Å²) in [4.78, 5) is 3.70. The summed E-state index contributed by atoms with van der Waals surface area (Å²) < 4.78 is 26.6. The van der Waals surface area contributed by atoms with Crippen molar-refractivity contribution in [3.05, 3.63) is 40.5 Å². The molecule has 0 aliphatic heterocycles. The Morgan fingerprint density at radius 1 is 1.29 bits per heavy atom. The highest BCUT2D eigenvalue weighted by Crippen LogP contribution is 2.24. The molecule has 2 rings (SSSR count). The number of sulfonamides is 1. The Morgan fingerprint density at radius 2 is 1.94 bits per heavy atom. The summed E-state index contributed by atoms with van der Waals surface area (Å²) in [5.41, 5.74) is 1.58. The van der Waals surface area contributed by atoms with E-state index in [1.165, 1.54) is 6.20 Å². The zero-order valence-corrected chi connectivity index (χ0v) is 11.2. The van der Waals surface area contributed by atoms with Gasteiger partial charge >= 0.3 is 0 Å². The first-order valence-electron chi connectivity index (χ1n) is 4.68. The number of nitrogens with one attached hydrogen (secondary N) is 1. The van der Waals surface area contributed by atoms with Crippen LogP contribution in [-0.2, 0) is 10.0 Å². The number of rotatable bonds is 3. The van der Waals surface area contributed by atoms with Gasteiger partial charge in [0.2, 0.25) is 0 Å². The Labute approximate surface area is 108 Å². The van der Waals surface area contributed by atoms with Gasteiger partial charge in [0.05, 0.1) is 6.20 Å². The minimum absolute atomic E-state index is 0.100. The van der Waals surface area contributed by atoms with Crippen molar-refractivity contribution in [2.75, 3.05) is 4.72 Å². The van der Waals surface area contributed by atoms with Crippen LogP contribution in [0.4, 0.5) is 5.69 Å². The van der Waals surface area contributed by atoms with Crippen molar-refractivity contribution in [3.8, 4) is 0 Å². The molecule has 7 heteroatoms. The summed E-state index contributed by atoms with van der Waals surface area (Å²) >= 11 is 6.53. The maximum atomic E-state index is 11.9. The Kier molecular flexibility index (Phi) is 3.37. The van der Waals surface area contributed by atoms with Gasteiger partial charge in [0.25, 0.3) is 10.0 Å². The Bertz CT molecular complexity index is 620. The number of aryl methyl sites for hydroxylation is 1. The van der Waals surface area contributed by atoms with E-state index in [0.29, 0.717) is 5.69 Å². The summed E-state index contributed by atoms with van der Waals surface area (Å²) in [5.74, 6) is 0. The molecule has 0 saturated carbocycles. The van der Waals surface area contributed by atoms with Crippen LogP contribution >= 0.6 is 22.9 Å². The number of nitrogens with zero attached hydrogens (tertiary/aromatic N) is 1. The molecule has 0 bridgehead atoms. The van der Waals surface area contributed by atoms with E-state index in [2.05, 4.69) is 9.71 Å². The monoisotopic (exact) mass is 288 g/mol. The lowest BCUT2D eigenvalue weighted by atomic mass is 10.2. The largest absolute Gasteiger partial charge is 0.279 e. The van der Waals surface area contributed by atoms with Crippen LogP contribution in [-0.4, -0.2) is 13.4 Å². The molecule has 0 unspecified atom stereocenters. The van der Waals surface area contributed by atoms with Crippen LogP contribution in [0.5, 0.6) is 0 Å². The van der Waals surface area contributed by atoms with E-state index in [9.17, 15) is 8.42 Å². The molecule has 2 aromatic rings. The second-order valence-electron chi connectivity index (χ2n) is 3.40. The van der Waals surface area contributed by atoms with E-state index < -0.39 is 10.0 Å². The first kappa shape index (κ1) is 12.3. The molecular weight excluding hydrogens is 280 g/mol. The molecule has 0 aliphatic rings. The van der Waals surface area contributed by atoms with Crippen LogP contribution in [0, 0.1) is 6.92 Å². The van der Waals surface area contributed by atoms with Crippen molar-refractivity contribution < 1.29 is 8.42 Å². The van der Waals surface area contributed by atoms with Gasteiger partial charge < -0.3 is 0 Å². The SMILES string of the molecule is Cc1ccc(NS(=O)(=O)c2cnc(Cl)s2)cc1. The molecule has 17 heavy (non-hydrogen) atoms. The van der Waals surface area contributed by atoms with Gasteiger partial charge in [-0.3, -0.25) is 4.72 Å². The maximum absolute atomic E-state index is 11.9. The lowest BCUT2D eigenvalue weighted by molar-refractivity contribution is 0.603. The van der Waals surface area contributed by atoms with Gasteiger partial charge in [0.15, 0.2) is 8.68 Å². The number of benzene rings is 1. The number of anilines is 1. The fourth-order valence-corrected chi connectivity index (χ4v) is 3.54. The molecule has 1 aromatic heterocycles. The molecule has 4 nitrogen and oxygen atoms in total. The van der Waals surface area contributed by atoms with Gasteiger partial charge in [-0.1, -0.05) is 40.6 Å². The lowest BCUT2D eigenvalue weighted by Gasteiger charge is -2.05. The van der Waals surface area contributed by atoms with E-state index in [-0.39, 0.29) is 8.68 Å². The van der Waals surface area contributed by atoms with Gasteiger partial charge in [-0.15, -0.1) is 0 Å². The number of aromatic nitrogens is 1. The molecule has 1 heterocycles. The third-order valence-electron chi connectivity index (χ3n) is 2.02. The van der Waals surface area contributed by atoms with Crippen LogP contribution < -0.4 is 4.72 Å². The Hall–Kier alpha value is -1.11. The van der Waals surface area contributed by atoms with Crippen LogP contribution in [0.25, 0.3) is 0 Å². The van der Waals surface area contributed by atoms with Crippen molar-refractivity contribution in [1.29, 1.82) is 0 Å². The summed E-state index contributed by atoms with van der Waals surface area (Å²) in [6.07, 6.45) is 1.24. The molecule has 0 atom stereocenters. The van der Waals surface area contributed by atoms with Crippen molar-refractivity contribution in [2.24, 2.45) is 0 Å². The van der Waals surface area contributed by atoms with Crippen LogP contribution in [0.1, 0.15) is 5.56 Å². The number of hydrogen-bond donors (Lipinski definition) is 1. The van der Waals surface area contributed by atoms with Gasteiger partial charge in [-0.05, 0) is 19.1 Å². The van der Waals surface area contributed by atoms with Gasteiger partial charge in [0, 0.05) is 5.69 Å². The molecule has 0 spiro atoms. The molecule has 0 saturated heterocycles. The minimum Gasteiger partial charge on any atom is -0.279 e. The first-order valence-corrected chi connectivity index (χ1v) is 7.36. The minimum atomic E-state index is -3.58. The molecule has 0 radical (unpaired) electrons. The van der Waals surface area contributed by atoms with E-state index in [1.807, 2.05) is 19.1 Å². The third-order valence-corrected chi connectivity index (χ3v) is 4.98. The zero-order chi connectivity index (χ0) is 12.5. The maximum Gasteiger partial charge on any atom is 0.273 e. The number of thiazole rings is 1. The predicted molar refractivity (Wildman–Crippen MR) is 69.1 cm³/mol. The molecule has 1 N–H and O–H groups in total. The third kappa shape index (κ3) is 2.96. The molecule has 0 fully saturated rings. The van der Waals surface area contributed by atoms with E-state index in [0.717, 1.165) is 16.9 Å². The molecular formula is C10H9ClN2O2S2. The Morgan fingerprint density at radius 3 is 2.47 bits per heavy atom. The van der Waals surface area contributed by atoms with Crippen molar-refractivity contribution in [3.63, 3.8) is 0 Å². The predicted octanol–water partition coefficient (Wildman–Crippen LogP) is 2.91. The summed E-state index contributed by atoms with van der Waals surface area (Å²) in [7, 11) is -3.58. The van der Waals surface area contributed by atoms with Crippen LogP contribution in [0.2, 0.25) is 4.47 Å². The Balaban J connectivity index is 2.26.